The first-order valence-corrected chi connectivity index (χ1v) is 10.1. The maximum Gasteiger partial charge on any atom is 0.417 e. The lowest BCUT2D eigenvalue weighted by molar-refractivity contribution is -0.138. The number of nitrogens with zero attached hydrogens (tertiary/aromatic N) is 1. The lowest BCUT2D eigenvalue weighted by Gasteiger charge is -2.32. The summed E-state index contributed by atoms with van der Waals surface area (Å²) in [4.78, 5) is 26.6. The number of carbonyl (C=O) groups is 2. The van der Waals surface area contributed by atoms with Gasteiger partial charge in [0.05, 0.1) is 11.1 Å². The van der Waals surface area contributed by atoms with Crippen LogP contribution >= 0.6 is 11.6 Å². The molecular weight excluding hydrogens is 457 g/mol. The molecule has 0 spiro atoms. The SMILES string of the molecule is O=C(Cc1ccc(OC(F)F)cc1)C1CCN(C(=O)c2cc(Cl)ccc2C(F)(F)F)CC1. The van der Waals surface area contributed by atoms with Crippen LogP contribution in [0.5, 0.6) is 5.75 Å². The predicted molar refractivity (Wildman–Crippen MR) is 107 cm³/mol. The van der Waals surface area contributed by atoms with Gasteiger partial charge >= 0.3 is 12.8 Å². The Balaban J connectivity index is 1.60. The average molecular weight is 476 g/mol. The molecule has 0 saturated carbocycles. The molecule has 1 saturated heterocycles. The van der Waals surface area contributed by atoms with Gasteiger partial charge in [-0.15, -0.1) is 0 Å². The van der Waals surface area contributed by atoms with Crippen molar-refractivity contribution in [3.05, 3.63) is 64.2 Å². The number of ether oxygens (including phenoxy) is 1. The first-order chi connectivity index (χ1) is 15.0. The van der Waals surface area contributed by atoms with Crippen molar-refractivity contribution in [2.75, 3.05) is 13.1 Å². The quantitative estimate of drug-likeness (QED) is 0.509. The van der Waals surface area contributed by atoms with E-state index in [0.717, 1.165) is 18.2 Å². The highest BCUT2D eigenvalue weighted by molar-refractivity contribution is 6.31. The zero-order chi connectivity index (χ0) is 23.5. The van der Waals surface area contributed by atoms with E-state index >= 15 is 0 Å². The Morgan fingerprint density at radius 1 is 1.06 bits per heavy atom. The Morgan fingerprint density at radius 2 is 1.69 bits per heavy atom. The number of hydrogen-bond acceptors (Lipinski definition) is 3. The fourth-order valence-electron chi connectivity index (χ4n) is 3.65. The summed E-state index contributed by atoms with van der Waals surface area (Å²) >= 11 is 5.80. The van der Waals surface area contributed by atoms with Crippen molar-refractivity contribution in [3.8, 4) is 5.75 Å². The number of halogens is 6. The van der Waals surface area contributed by atoms with Crippen molar-refractivity contribution in [2.24, 2.45) is 5.92 Å². The third kappa shape index (κ3) is 5.97. The number of piperidine rings is 1. The van der Waals surface area contributed by atoms with E-state index in [1.54, 1.807) is 0 Å². The van der Waals surface area contributed by atoms with Crippen molar-refractivity contribution >= 4 is 23.3 Å². The normalized spacial score (nSPS) is 15.2. The van der Waals surface area contributed by atoms with Crippen LogP contribution in [0, 0.1) is 5.92 Å². The molecule has 0 aromatic heterocycles. The molecule has 0 N–H and O–H groups in total. The number of ketones is 1. The minimum absolute atomic E-state index is 0.0118. The molecule has 1 aliphatic heterocycles. The highest BCUT2D eigenvalue weighted by Gasteiger charge is 2.37. The second-order valence-electron chi connectivity index (χ2n) is 7.42. The summed E-state index contributed by atoms with van der Waals surface area (Å²) < 4.78 is 68.5. The second-order valence-corrected chi connectivity index (χ2v) is 7.86. The van der Waals surface area contributed by atoms with Gasteiger partial charge in [0, 0.05) is 30.5 Å². The van der Waals surface area contributed by atoms with Crippen molar-refractivity contribution < 1.29 is 36.3 Å². The largest absolute Gasteiger partial charge is 0.435 e. The summed E-state index contributed by atoms with van der Waals surface area (Å²) in [7, 11) is 0. The average Bonchev–Trinajstić information content (AvgIpc) is 2.73. The predicted octanol–water partition coefficient (Wildman–Crippen LogP) is 5.62. The third-order valence-electron chi connectivity index (χ3n) is 5.28. The Hall–Kier alpha value is -2.68. The fourth-order valence-corrected chi connectivity index (χ4v) is 3.82. The van der Waals surface area contributed by atoms with Crippen LogP contribution in [0.3, 0.4) is 0 Å². The van der Waals surface area contributed by atoms with Crippen LogP contribution < -0.4 is 4.74 Å². The van der Waals surface area contributed by atoms with Gasteiger partial charge in [-0.25, -0.2) is 0 Å². The summed E-state index contributed by atoms with van der Waals surface area (Å²) in [5.41, 5.74) is -0.936. The van der Waals surface area contributed by atoms with E-state index in [-0.39, 0.29) is 42.0 Å². The lowest BCUT2D eigenvalue weighted by atomic mass is 9.89. The molecule has 1 fully saturated rings. The van der Waals surface area contributed by atoms with Crippen molar-refractivity contribution in [3.63, 3.8) is 0 Å². The molecule has 1 aliphatic rings. The van der Waals surface area contributed by atoms with E-state index in [4.69, 9.17) is 11.6 Å². The van der Waals surface area contributed by atoms with E-state index in [1.165, 1.54) is 29.2 Å². The molecule has 0 unspecified atom stereocenters. The van der Waals surface area contributed by atoms with E-state index in [1.807, 2.05) is 0 Å². The van der Waals surface area contributed by atoms with Gasteiger partial charge < -0.3 is 9.64 Å². The van der Waals surface area contributed by atoms with Crippen molar-refractivity contribution in [1.82, 2.24) is 4.90 Å². The molecule has 2 aromatic carbocycles. The van der Waals surface area contributed by atoms with Gasteiger partial charge in [-0.05, 0) is 48.7 Å². The van der Waals surface area contributed by atoms with Crippen LogP contribution in [-0.4, -0.2) is 36.3 Å². The van der Waals surface area contributed by atoms with E-state index in [9.17, 15) is 31.5 Å². The monoisotopic (exact) mass is 475 g/mol. The number of benzene rings is 2. The first kappa shape index (κ1) is 24.0. The number of alkyl halides is 5. The summed E-state index contributed by atoms with van der Waals surface area (Å²) in [6.45, 7) is -2.66. The van der Waals surface area contributed by atoms with E-state index in [0.29, 0.717) is 18.4 Å². The number of likely N-dealkylation sites (tertiary alicyclic amines) is 1. The molecule has 0 atom stereocenters. The molecule has 1 heterocycles. The van der Waals surface area contributed by atoms with E-state index in [2.05, 4.69) is 4.74 Å². The Morgan fingerprint density at radius 3 is 2.25 bits per heavy atom. The van der Waals surface area contributed by atoms with Gasteiger partial charge in [0.2, 0.25) is 0 Å². The zero-order valence-corrected chi connectivity index (χ0v) is 17.4. The highest BCUT2D eigenvalue weighted by Crippen LogP contribution is 2.34. The standard InChI is InChI=1S/C22H19ClF5NO3/c23-15-3-6-18(22(26,27)28)17(12-15)20(31)29-9-7-14(8-10-29)19(30)11-13-1-4-16(5-2-13)32-21(24)25/h1-6,12,14,21H,7-11H2. The summed E-state index contributed by atoms with van der Waals surface area (Å²) in [5, 5.41) is 0.0244. The van der Waals surface area contributed by atoms with Gasteiger partial charge in [0.1, 0.15) is 11.5 Å². The van der Waals surface area contributed by atoms with Crippen LogP contribution in [0.15, 0.2) is 42.5 Å². The molecule has 172 valence electrons. The minimum Gasteiger partial charge on any atom is -0.435 e. The molecule has 0 bridgehead atoms. The fraction of sp³-hybridized carbons (Fsp3) is 0.364. The van der Waals surface area contributed by atoms with Gasteiger partial charge in [0.25, 0.3) is 5.91 Å². The molecule has 2 aromatic rings. The van der Waals surface area contributed by atoms with Crippen LogP contribution in [0.1, 0.15) is 34.3 Å². The Kier molecular flexibility index (Phi) is 7.38. The van der Waals surface area contributed by atoms with Gasteiger partial charge in [-0.3, -0.25) is 9.59 Å². The highest BCUT2D eigenvalue weighted by atomic mass is 35.5. The van der Waals surface area contributed by atoms with Crippen molar-refractivity contribution in [2.45, 2.75) is 32.1 Å². The summed E-state index contributed by atoms with van der Waals surface area (Å²) in [6, 6.07) is 8.60. The Labute approximate surface area is 185 Å². The second kappa shape index (κ2) is 9.85. The van der Waals surface area contributed by atoms with E-state index < -0.39 is 29.8 Å². The molecule has 32 heavy (non-hydrogen) atoms. The Bertz CT molecular complexity index is 971. The number of rotatable bonds is 6. The zero-order valence-electron chi connectivity index (χ0n) is 16.7. The van der Waals surface area contributed by atoms with Crippen LogP contribution in [0.2, 0.25) is 5.02 Å². The minimum atomic E-state index is -4.69. The number of Topliss-reactive ketones (excluding diaryl/α,β-unsaturated/α-hetero) is 1. The molecule has 10 heteroatoms. The topological polar surface area (TPSA) is 46.6 Å². The third-order valence-corrected chi connectivity index (χ3v) is 5.52. The molecule has 1 amide bonds. The summed E-state index contributed by atoms with van der Waals surface area (Å²) in [5.74, 6) is -1.22. The van der Waals surface area contributed by atoms with Crippen LogP contribution in [-0.2, 0) is 17.4 Å². The number of amides is 1. The molecular formula is C22H19ClF5NO3. The van der Waals surface area contributed by atoms with Crippen molar-refractivity contribution in [1.29, 1.82) is 0 Å². The molecule has 3 rings (SSSR count). The van der Waals surface area contributed by atoms with Crippen LogP contribution in [0.25, 0.3) is 0 Å². The smallest absolute Gasteiger partial charge is 0.417 e. The molecule has 0 radical (unpaired) electrons. The van der Waals surface area contributed by atoms with Gasteiger partial charge in [-0.2, -0.15) is 22.0 Å². The number of carbonyl (C=O) groups excluding carboxylic acids is 2. The van der Waals surface area contributed by atoms with Gasteiger partial charge in [0.15, 0.2) is 0 Å². The number of hydrogen-bond donors (Lipinski definition) is 0. The molecule has 0 aliphatic carbocycles. The maximum atomic E-state index is 13.3. The van der Waals surface area contributed by atoms with Gasteiger partial charge in [-0.1, -0.05) is 23.7 Å². The first-order valence-electron chi connectivity index (χ1n) is 9.77. The van der Waals surface area contributed by atoms with Crippen LogP contribution in [0.4, 0.5) is 22.0 Å². The summed E-state index contributed by atoms with van der Waals surface area (Å²) in [6.07, 6.45) is -3.97. The molecule has 4 nitrogen and oxygen atoms in total. The maximum absolute atomic E-state index is 13.3. The lowest BCUT2D eigenvalue weighted by Crippen LogP contribution is -2.41.